The van der Waals surface area contributed by atoms with E-state index in [4.69, 9.17) is 0 Å². The van der Waals surface area contributed by atoms with Gasteiger partial charge in [-0.05, 0) is 31.5 Å². The summed E-state index contributed by atoms with van der Waals surface area (Å²) in [5, 5.41) is 6.63. The van der Waals surface area contributed by atoms with E-state index in [9.17, 15) is 0 Å². The van der Waals surface area contributed by atoms with E-state index in [0.29, 0.717) is 6.54 Å². The monoisotopic (exact) mass is 284 g/mol. The SMILES string of the molecule is CCNC(=NCc1ccc(C)cc1)NCCn1cccc1. The molecule has 0 aliphatic carbocycles. The fourth-order valence-corrected chi connectivity index (χ4v) is 2.03. The van der Waals surface area contributed by atoms with Crippen LogP contribution in [0.5, 0.6) is 0 Å². The first-order valence-corrected chi connectivity index (χ1v) is 7.46. The smallest absolute Gasteiger partial charge is 0.191 e. The molecule has 4 nitrogen and oxygen atoms in total. The Balaban J connectivity index is 1.84. The quantitative estimate of drug-likeness (QED) is 0.632. The number of aromatic nitrogens is 1. The van der Waals surface area contributed by atoms with Crippen LogP contribution in [0.2, 0.25) is 0 Å². The Morgan fingerprint density at radius 3 is 2.48 bits per heavy atom. The molecule has 0 aliphatic heterocycles. The zero-order valence-electron chi connectivity index (χ0n) is 12.8. The molecule has 1 aromatic carbocycles. The summed E-state index contributed by atoms with van der Waals surface area (Å²) in [5.74, 6) is 0.866. The maximum Gasteiger partial charge on any atom is 0.191 e. The van der Waals surface area contributed by atoms with Gasteiger partial charge in [-0.2, -0.15) is 0 Å². The molecule has 21 heavy (non-hydrogen) atoms. The lowest BCUT2D eigenvalue weighted by Gasteiger charge is -2.11. The number of aliphatic imine (C=N–C) groups is 1. The summed E-state index contributed by atoms with van der Waals surface area (Å²) in [6.07, 6.45) is 4.14. The number of hydrogen-bond acceptors (Lipinski definition) is 1. The average molecular weight is 284 g/mol. The van der Waals surface area contributed by atoms with Gasteiger partial charge in [-0.15, -0.1) is 0 Å². The van der Waals surface area contributed by atoms with Crippen molar-refractivity contribution in [2.24, 2.45) is 4.99 Å². The Morgan fingerprint density at radius 2 is 1.81 bits per heavy atom. The first-order chi connectivity index (χ1) is 10.3. The zero-order valence-corrected chi connectivity index (χ0v) is 12.8. The summed E-state index contributed by atoms with van der Waals surface area (Å²) in [6, 6.07) is 12.6. The number of rotatable bonds is 6. The standard InChI is InChI=1S/C17H24N4/c1-3-18-17(19-10-13-21-11-4-5-12-21)20-14-16-8-6-15(2)7-9-16/h4-9,11-12H,3,10,13-14H2,1-2H3,(H2,18,19,20). The van der Waals surface area contributed by atoms with Gasteiger partial charge in [-0.1, -0.05) is 29.8 Å². The Labute approximate surface area is 126 Å². The molecule has 0 saturated carbocycles. The molecule has 0 amide bonds. The van der Waals surface area contributed by atoms with Crippen molar-refractivity contribution in [1.29, 1.82) is 0 Å². The van der Waals surface area contributed by atoms with E-state index in [2.05, 4.69) is 70.7 Å². The van der Waals surface area contributed by atoms with Crippen molar-refractivity contribution in [3.8, 4) is 0 Å². The normalized spacial score (nSPS) is 11.4. The molecule has 0 aliphatic rings. The minimum absolute atomic E-state index is 0.694. The number of aryl methyl sites for hydroxylation is 1. The molecule has 2 rings (SSSR count). The molecule has 0 unspecified atom stereocenters. The van der Waals surface area contributed by atoms with Crippen LogP contribution >= 0.6 is 0 Å². The van der Waals surface area contributed by atoms with E-state index in [-0.39, 0.29) is 0 Å². The van der Waals surface area contributed by atoms with E-state index in [1.807, 2.05) is 12.1 Å². The van der Waals surface area contributed by atoms with Crippen LogP contribution < -0.4 is 10.6 Å². The van der Waals surface area contributed by atoms with Crippen LogP contribution in [0.4, 0.5) is 0 Å². The first-order valence-electron chi connectivity index (χ1n) is 7.46. The molecular weight excluding hydrogens is 260 g/mol. The lowest BCUT2D eigenvalue weighted by molar-refractivity contribution is 0.666. The largest absolute Gasteiger partial charge is 0.357 e. The van der Waals surface area contributed by atoms with E-state index in [0.717, 1.165) is 25.6 Å². The minimum atomic E-state index is 0.694. The van der Waals surface area contributed by atoms with Gasteiger partial charge in [0.25, 0.3) is 0 Å². The van der Waals surface area contributed by atoms with Gasteiger partial charge in [0.05, 0.1) is 6.54 Å². The maximum absolute atomic E-state index is 4.62. The second-order valence-corrected chi connectivity index (χ2v) is 5.03. The molecule has 0 spiro atoms. The van der Waals surface area contributed by atoms with Crippen LogP contribution in [-0.4, -0.2) is 23.6 Å². The van der Waals surface area contributed by atoms with Gasteiger partial charge in [-0.3, -0.25) is 0 Å². The van der Waals surface area contributed by atoms with Crippen LogP contribution in [0.3, 0.4) is 0 Å². The Hall–Kier alpha value is -2.23. The lowest BCUT2D eigenvalue weighted by atomic mass is 10.1. The van der Waals surface area contributed by atoms with Crippen LogP contribution in [-0.2, 0) is 13.1 Å². The molecule has 4 heteroatoms. The van der Waals surface area contributed by atoms with E-state index in [1.54, 1.807) is 0 Å². The number of hydrogen-bond donors (Lipinski definition) is 2. The van der Waals surface area contributed by atoms with Gasteiger partial charge in [-0.25, -0.2) is 4.99 Å². The van der Waals surface area contributed by atoms with Gasteiger partial charge in [0.1, 0.15) is 0 Å². The van der Waals surface area contributed by atoms with Gasteiger partial charge in [0.15, 0.2) is 5.96 Å². The fraction of sp³-hybridized carbons (Fsp3) is 0.353. The topological polar surface area (TPSA) is 41.4 Å². The Bertz CT molecular complexity index is 541. The summed E-state index contributed by atoms with van der Waals surface area (Å²) >= 11 is 0. The van der Waals surface area contributed by atoms with Gasteiger partial charge >= 0.3 is 0 Å². The number of guanidine groups is 1. The van der Waals surface area contributed by atoms with Crippen molar-refractivity contribution >= 4 is 5.96 Å². The lowest BCUT2D eigenvalue weighted by Crippen LogP contribution is -2.38. The van der Waals surface area contributed by atoms with Crippen LogP contribution in [0.15, 0.2) is 53.8 Å². The molecule has 0 radical (unpaired) electrons. The molecule has 1 aromatic heterocycles. The predicted octanol–water partition coefficient (Wildman–Crippen LogP) is 2.55. The van der Waals surface area contributed by atoms with Crippen molar-refractivity contribution in [3.05, 3.63) is 59.9 Å². The van der Waals surface area contributed by atoms with Crippen molar-refractivity contribution in [1.82, 2.24) is 15.2 Å². The fourth-order valence-electron chi connectivity index (χ4n) is 2.03. The molecular formula is C17H24N4. The van der Waals surface area contributed by atoms with E-state index in [1.165, 1.54) is 11.1 Å². The number of nitrogens with zero attached hydrogens (tertiary/aromatic N) is 2. The third-order valence-electron chi connectivity index (χ3n) is 3.21. The second kappa shape index (κ2) is 8.15. The Kier molecular flexibility index (Phi) is 5.88. The first kappa shape index (κ1) is 15.2. The molecule has 0 saturated heterocycles. The molecule has 2 N–H and O–H groups in total. The van der Waals surface area contributed by atoms with Gasteiger partial charge in [0, 0.05) is 32.0 Å². The van der Waals surface area contributed by atoms with Crippen molar-refractivity contribution in [3.63, 3.8) is 0 Å². The second-order valence-electron chi connectivity index (χ2n) is 5.03. The molecule has 112 valence electrons. The van der Waals surface area contributed by atoms with Crippen molar-refractivity contribution in [2.45, 2.75) is 26.9 Å². The van der Waals surface area contributed by atoms with Gasteiger partial charge in [0.2, 0.25) is 0 Å². The summed E-state index contributed by atoms with van der Waals surface area (Å²) < 4.78 is 2.15. The summed E-state index contributed by atoms with van der Waals surface area (Å²) in [6.45, 7) is 7.52. The molecule has 2 aromatic rings. The van der Waals surface area contributed by atoms with E-state index < -0.39 is 0 Å². The summed E-state index contributed by atoms with van der Waals surface area (Å²) in [4.78, 5) is 4.62. The summed E-state index contributed by atoms with van der Waals surface area (Å²) in [7, 11) is 0. The van der Waals surface area contributed by atoms with Gasteiger partial charge < -0.3 is 15.2 Å². The van der Waals surface area contributed by atoms with E-state index >= 15 is 0 Å². The third kappa shape index (κ3) is 5.34. The average Bonchev–Trinajstić information content (AvgIpc) is 3.00. The molecule has 0 fully saturated rings. The van der Waals surface area contributed by atoms with Crippen molar-refractivity contribution in [2.75, 3.05) is 13.1 Å². The molecule has 1 heterocycles. The number of nitrogens with one attached hydrogen (secondary N) is 2. The molecule has 0 atom stereocenters. The summed E-state index contributed by atoms with van der Waals surface area (Å²) in [5.41, 5.74) is 2.50. The predicted molar refractivity (Wildman–Crippen MR) is 88.4 cm³/mol. The zero-order chi connectivity index (χ0) is 14.9. The van der Waals surface area contributed by atoms with Crippen LogP contribution in [0, 0.1) is 6.92 Å². The highest BCUT2D eigenvalue weighted by atomic mass is 15.2. The van der Waals surface area contributed by atoms with Crippen molar-refractivity contribution < 1.29 is 0 Å². The highest BCUT2D eigenvalue weighted by Crippen LogP contribution is 2.04. The van der Waals surface area contributed by atoms with Crippen LogP contribution in [0.25, 0.3) is 0 Å². The number of benzene rings is 1. The highest BCUT2D eigenvalue weighted by molar-refractivity contribution is 5.79. The van der Waals surface area contributed by atoms with Crippen LogP contribution in [0.1, 0.15) is 18.1 Å². The maximum atomic E-state index is 4.62. The highest BCUT2D eigenvalue weighted by Gasteiger charge is 1.97. The third-order valence-corrected chi connectivity index (χ3v) is 3.21. The minimum Gasteiger partial charge on any atom is -0.357 e. The Morgan fingerprint density at radius 1 is 1.10 bits per heavy atom. The molecule has 0 bridgehead atoms.